The zero-order chi connectivity index (χ0) is 22.6. The van der Waals surface area contributed by atoms with Crippen LogP contribution in [0.5, 0.6) is 11.5 Å². The first-order chi connectivity index (χ1) is 16.3. The van der Waals surface area contributed by atoms with Gasteiger partial charge in [0, 0.05) is 22.6 Å². The lowest BCUT2D eigenvalue weighted by Gasteiger charge is -2.19. The molecule has 168 valence electrons. The maximum atomic E-state index is 6.18. The third-order valence-electron chi connectivity index (χ3n) is 5.75. The summed E-state index contributed by atoms with van der Waals surface area (Å²) in [7, 11) is 3.36. The predicted octanol–water partition coefficient (Wildman–Crippen LogP) is 6.69. The van der Waals surface area contributed by atoms with E-state index in [4.69, 9.17) is 19.2 Å². The minimum absolute atomic E-state index is 0.0483. The van der Waals surface area contributed by atoms with Gasteiger partial charge in [-0.1, -0.05) is 30.0 Å². The standard InChI is InChI=1S/C27H26N2O3S/c1-30-21-14-10-19(11-15-21)25-26(20-12-16-22(31-2)17-13-20)29(24-9-6-18-32-24)27(28-25)33-23-7-4-3-5-8-23/h3-5,7-8,10-17,24H,6,9,18H2,1-2H3. The Bertz CT molecular complexity index is 1200. The molecule has 1 aromatic heterocycles. The van der Waals surface area contributed by atoms with Crippen LogP contribution in [-0.4, -0.2) is 30.4 Å². The first kappa shape index (κ1) is 21.6. The predicted molar refractivity (Wildman–Crippen MR) is 131 cm³/mol. The van der Waals surface area contributed by atoms with E-state index < -0.39 is 0 Å². The van der Waals surface area contributed by atoms with Gasteiger partial charge in [0.15, 0.2) is 5.16 Å². The molecule has 2 heterocycles. The van der Waals surface area contributed by atoms with Gasteiger partial charge < -0.3 is 14.2 Å². The van der Waals surface area contributed by atoms with Crippen molar-refractivity contribution in [2.24, 2.45) is 0 Å². The SMILES string of the molecule is COc1ccc(-c2nc(Sc3ccccc3)n(C3CCCO3)c2-c2ccc(OC)cc2)cc1. The Kier molecular flexibility index (Phi) is 6.37. The average Bonchev–Trinajstić information content (AvgIpc) is 3.53. The molecule has 3 aromatic carbocycles. The van der Waals surface area contributed by atoms with Crippen LogP contribution in [0.15, 0.2) is 88.9 Å². The van der Waals surface area contributed by atoms with Crippen LogP contribution in [0.1, 0.15) is 19.1 Å². The van der Waals surface area contributed by atoms with Crippen molar-refractivity contribution in [3.05, 3.63) is 78.9 Å². The minimum Gasteiger partial charge on any atom is -0.497 e. The molecule has 1 atom stereocenters. The van der Waals surface area contributed by atoms with Gasteiger partial charge in [-0.05, 0) is 73.5 Å². The fraction of sp³-hybridized carbons (Fsp3) is 0.222. The van der Waals surface area contributed by atoms with E-state index in [1.165, 1.54) is 0 Å². The molecule has 0 aliphatic carbocycles. The molecular formula is C27H26N2O3S. The van der Waals surface area contributed by atoms with Crippen LogP contribution in [0, 0.1) is 0 Å². The van der Waals surface area contributed by atoms with Crippen molar-refractivity contribution in [3.63, 3.8) is 0 Å². The van der Waals surface area contributed by atoms with Gasteiger partial charge in [0.05, 0.1) is 25.6 Å². The summed E-state index contributed by atoms with van der Waals surface area (Å²) in [5.74, 6) is 1.65. The molecule has 0 bridgehead atoms. The van der Waals surface area contributed by atoms with Gasteiger partial charge >= 0.3 is 0 Å². The number of rotatable bonds is 7. The third kappa shape index (κ3) is 4.49. The van der Waals surface area contributed by atoms with Crippen LogP contribution in [0.25, 0.3) is 22.5 Å². The number of ether oxygens (including phenoxy) is 3. The minimum atomic E-state index is -0.0483. The maximum absolute atomic E-state index is 6.18. The van der Waals surface area contributed by atoms with Crippen LogP contribution >= 0.6 is 11.8 Å². The molecule has 1 unspecified atom stereocenters. The van der Waals surface area contributed by atoms with Gasteiger partial charge in [0.25, 0.3) is 0 Å². The molecule has 0 amide bonds. The Balaban J connectivity index is 1.70. The number of nitrogens with zero attached hydrogens (tertiary/aromatic N) is 2. The summed E-state index contributed by atoms with van der Waals surface area (Å²) in [6.07, 6.45) is 1.95. The molecule has 0 radical (unpaired) electrons. The molecule has 0 spiro atoms. The second-order valence-corrected chi connectivity index (χ2v) is 8.84. The summed E-state index contributed by atoms with van der Waals surface area (Å²) < 4.78 is 19.2. The Morgan fingerprint density at radius 2 is 1.48 bits per heavy atom. The van der Waals surface area contributed by atoms with Crippen LogP contribution < -0.4 is 9.47 Å². The van der Waals surface area contributed by atoms with Gasteiger partial charge in [0.1, 0.15) is 17.7 Å². The number of hydrogen-bond acceptors (Lipinski definition) is 5. The summed E-state index contributed by atoms with van der Waals surface area (Å²) in [5.41, 5.74) is 4.09. The number of hydrogen-bond donors (Lipinski definition) is 0. The smallest absolute Gasteiger partial charge is 0.176 e. The highest BCUT2D eigenvalue weighted by atomic mass is 32.2. The molecule has 5 rings (SSSR count). The Morgan fingerprint density at radius 1 is 0.848 bits per heavy atom. The summed E-state index contributed by atoms with van der Waals surface area (Å²) in [5, 5.41) is 0.921. The highest BCUT2D eigenvalue weighted by molar-refractivity contribution is 7.99. The molecule has 1 aliphatic heterocycles. The number of benzene rings is 3. The summed E-state index contributed by atoms with van der Waals surface area (Å²) in [6.45, 7) is 0.762. The lowest BCUT2D eigenvalue weighted by atomic mass is 10.0. The largest absolute Gasteiger partial charge is 0.497 e. The monoisotopic (exact) mass is 458 g/mol. The Labute approximate surface area is 198 Å². The van der Waals surface area contributed by atoms with Crippen molar-refractivity contribution < 1.29 is 14.2 Å². The molecule has 33 heavy (non-hydrogen) atoms. The fourth-order valence-corrected chi connectivity index (χ4v) is 5.03. The number of aromatic nitrogens is 2. The normalized spacial score (nSPS) is 15.5. The number of methoxy groups -OCH3 is 2. The lowest BCUT2D eigenvalue weighted by molar-refractivity contribution is 0.0513. The van der Waals surface area contributed by atoms with Crippen molar-refractivity contribution in [2.75, 3.05) is 20.8 Å². The molecule has 5 nitrogen and oxygen atoms in total. The first-order valence-corrected chi connectivity index (χ1v) is 11.8. The molecule has 0 saturated carbocycles. The molecule has 1 aliphatic rings. The van der Waals surface area contributed by atoms with Gasteiger partial charge in [0.2, 0.25) is 0 Å². The summed E-state index contributed by atoms with van der Waals surface area (Å²) in [6, 6.07) is 26.6. The maximum Gasteiger partial charge on any atom is 0.176 e. The van der Waals surface area contributed by atoms with Crippen molar-refractivity contribution in [3.8, 4) is 34.0 Å². The van der Waals surface area contributed by atoms with E-state index in [2.05, 4.69) is 53.1 Å². The summed E-state index contributed by atoms with van der Waals surface area (Å²) in [4.78, 5) is 6.31. The summed E-state index contributed by atoms with van der Waals surface area (Å²) >= 11 is 1.66. The topological polar surface area (TPSA) is 45.5 Å². The van der Waals surface area contributed by atoms with E-state index in [0.29, 0.717) is 0 Å². The molecule has 4 aromatic rings. The van der Waals surface area contributed by atoms with Crippen LogP contribution in [0.3, 0.4) is 0 Å². The molecule has 1 saturated heterocycles. The van der Waals surface area contributed by atoms with Crippen molar-refractivity contribution in [1.29, 1.82) is 0 Å². The lowest BCUT2D eigenvalue weighted by Crippen LogP contribution is -2.10. The van der Waals surface area contributed by atoms with Crippen molar-refractivity contribution >= 4 is 11.8 Å². The molecule has 6 heteroatoms. The first-order valence-electron chi connectivity index (χ1n) is 11.0. The van der Waals surface area contributed by atoms with E-state index in [-0.39, 0.29) is 6.23 Å². The molecular weight excluding hydrogens is 432 g/mol. The highest BCUT2D eigenvalue weighted by Gasteiger charge is 2.28. The third-order valence-corrected chi connectivity index (χ3v) is 6.73. The van der Waals surface area contributed by atoms with E-state index in [9.17, 15) is 0 Å². The van der Waals surface area contributed by atoms with Gasteiger partial charge in [-0.3, -0.25) is 4.57 Å². The Hall–Kier alpha value is -3.22. The van der Waals surface area contributed by atoms with Gasteiger partial charge in [-0.15, -0.1) is 0 Å². The average molecular weight is 459 g/mol. The molecule has 1 fully saturated rings. The number of imidazole rings is 1. The van der Waals surface area contributed by atoms with Crippen LogP contribution in [0.4, 0.5) is 0 Å². The zero-order valence-corrected chi connectivity index (χ0v) is 19.5. The van der Waals surface area contributed by atoms with E-state index in [0.717, 1.165) is 63.5 Å². The Morgan fingerprint density at radius 3 is 2.06 bits per heavy atom. The van der Waals surface area contributed by atoms with E-state index in [1.54, 1.807) is 26.0 Å². The van der Waals surface area contributed by atoms with Gasteiger partial charge in [-0.2, -0.15) is 0 Å². The fourth-order valence-electron chi connectivity index (χ4n) is 4.08. The van der Waals surface area contributed by atoms with Crippen LogP contribution in [-0.2, 0) is 4.74 Å². The molecule has 0 N–H and O–H groups in total. The quantitative estimate of drug-likeness (QED) is 0.309. The second-order valence-electron chi connectivity index (χ2n) is 7.80. The van der Waals surface area contributed by atoms with Crippen molar-refractivity contribution in [1.82, 2.24) is 9.55 Å². The highest BCUT2D eigenvalue weighted by Crippen LogP contribution is 2.42. The zero-order valence-electron chi connectivity index (χ0n) is 18.7. The second kappa shape index (κ2) is 9.73. The van der Waals surface area contributed by atoms with E-state index in [1.807, 2.05) is 30.3 Å². The van der Waals surface area contributed by atoms with Crippen LogP contribution in [0.2, 0.25) is 0 Å². The van der Waals surface area contributed by atoms with Gasteiger partial charge in [-0.25, -0.2) is 4.98 Å². The van der Waals surface area contributed by atoms with Crippen molar-refractivity contribution in [2.45, 2.75) is 29.1 Å². The van der Waals surface area contributed by atoms with E-state index >= 15 is 0 Å².